The molecule has 0 saturated heterocycles. The van der Waals surface area contributed by atoms with Crippen molar-refractivity contribution in [2.24, 2.45) is 5.92 Å². The molecule has 1 aromatic carbocycles. The van der Waals surface area contributed by atoms with Crippen LogP contribution in [-0.4, -0.2) is 38.2 Å². The zero-order chi connectivity index (χ0) is 22.9. The maximum Gasteiger partial charge on any atom is 0.306 e. The van der Waals surface area contributed by atoms with Crippen LogP contribution >= 0.6 is 22.9 Å². The van der Waals surface area contributed by atoms with Crippen molar-refractivity contribution in [1.29, 1.82) is 0 Å². The Kier molecular flexibility index (Phi) is 6.32. The number of rotatable bonds is 6. The van der Waals surface area contributed by atoms with Crippen LogP contribution in [0.1, 0.15) is 36.3 Å². The van der Waals surface area contributed by atoms with Crippen LogP contribution in [0.25, 0.3) is 10.4 Å². The Balaban J connectivity index is 1.56. The predicted molar refractivity (Wildman–Crippen MR) is 123 cm³/mol. The number of aliphatic carboxylic acids is 1. The van der Waals surface area contributed by atoms with Crippen LogP contribution in [0.15, 0.2) is 30.6 Å². The molecule has 3 N–H and O–H groups in total. The summed E-state index contributed by atoms with van der Waals surface area (Å²) in [5, 5.41) is 24.4. The van der Waals surface area contributed by atoms with Gasteiger partial charge in [0.2, 0.25) is 11.8 Å². The molecular formula is C22H23ClN4O4S. The number of aryl methyl sites for hydroxylation is 1. The predicted octanol–water partition coefficient (Wildman–Crippen LogP) is 4.78. The lowest BCUT2D eigenvalue weighted by Crippen LogP contribution is -2.33. The van der Waals surface area contributed by atoms with Gasteiger partial charge in [-0.05, 0) is 55.9 Å². The fourth-order valence-electron chi connectivity index (χ4n) is 3.86. The van der Waals surface area contributed by atoms with Gasteiger partial charge in [0, 0.05) is 11.9 Å². The zero-order valence-corrected chi connectivity index (χ0v) is 19.2. The fourth-order valence-corrected chi connectivity index (χ4v) is 5.08. The summed E-state index contributed by atoms with van der Waals surface area (Å²) in [7, 11) is 1.49. The second kappa shape index (κ2) is 9.01. The van der Waals surface area contributed by atoms with Gasteiger partial charge in [-0.3, -0.25) is 4.79 Å². The van der Waals surface area contributed by atoms with Gasteiger partial charge < -0.3 is 20.3 Å². The third-order valence-electron chi connectivity index (χ3n) is 5.59. The van der Waals surface area contributed by atoms with Gasteiger partial charge in [0.1, 0.15) is 15.6 Å². The third-order valence-corrected chi connectivity index (χ3v) is 7.09. The molecule has 0 radical (unpaired) electrons. The van der Waals surface area contributed by atoms with E-state index in [1.165, 1.54) is 24.6 Å². The molecule has 1 aliphatic rings. The summed E-state index contributed by atoms with van der Waals surface area (Å²) in [6.45, 7) is 1.99. The highest BCUT2D eigenvalue weighted by Gasteiger charge is 2.39. The van der Waals surface area contributed by atoms with E-state index in [1.54, 1.807) is 6.20 Å². The van der Waals surface area contributed by atoms with Crippen molar-refractivity contribution in [3.8, 4) is 16.3 Å². The van der Waals surface area contributed by atoms with Crippen LogP contribution in [0.4, 0.5) is 11.6 Å². The number of hydrogen-bond acceptors (Lipinski definition) is 8. The van der Waals surface area contributed by atoms with E-state index in [0.717, 1.165) is 21.7 Å². The molecule has 0 spiro atoms. The number of carboxylic acid groups (broad SMARTS) is 1. The standard InChI is InChI=1S/C22H23ClN4O4S/c1-12-7-14(9-15(8-12)26-21-25-10-16(23)18(27-21)31-2)17-11-24-20(32-17)22(30)5-3-13(4-6-22)19(28)29/h7-11,13,30H,3-6H2,1-2H3,(H,28,29)(H,25,26,27)/t13-,22-. The fraction of sp³-hybridized carbons (Fsp3) is 0.364. The Morgan fingerprint density at radius 1 is 1.25 bits per heavy atom. The average Bonchev–Trinajstić information content (AvgIpc) is 3.26. The van der Waals surface area contributed by atoms with Crippen LogP contribution in [-0.2, 0) is 10.4 Å². The first-order valence-corrected chi connectivity index (χ1v) is 11.3. The van der Waals surface area contributed by atoms with Gasteiger partial charge in [-0.25, -0.2) is 9.97 Å². The van der Waals surface area contributed by atoms with Crippen molar-refractivity contribution in [3.05, 3.63) is 46.2 Å². The van der Waals surface area contributed by atoms with E-state index < -0.39 is 17.5 Å². The summed E-state index contributed by atoms with van der Waals surface area (Å²) < 4.78 is 5.14. The second-order valence-corrected chi connectivity index (χ2v) is 9.38. The largest absolute Gasteiger partial charge is 0.481 e. The first-order chi connectivity index (χ1) is 15.3. The summed E-state index contributed by atoms with van der Waals surface area (Å²) in [5.74, 6) is -0.546. The number of halogens is 1. The smallest absolute Gasteiger partial charge is 0.306 e. The van der Waals surface area contributed by atoms with E-state index in [4.69, 9.17) is 16.3 Å². The van der Waals surface area contributed by atoms with Crippen molar-refractivity contribution in [2.75, 3.05) is 12.4 Å². The maximum absolute atomic E-state index is 11.2. The van der Waals surface area contributed by atoms with Crippen molar-refractivity contribution < 1.29 is 19.7 Å². The molecule has 10 heteroatoms. The number of methoxy groups -OCH3 is 1. The number of benzene rings is 1. The van der Waals surface area contributed by atoms with E-state index >= 15 is 0 Å². The van der Waals surface area contributed by atoms with Gasteiger partial charge in [-0.15, -0.1) is 11.3 Å². The van der Waals surface area contributed by atoms with Crippen molar-refractivity contribution in [2.45, 2.75) is 38.2 Å². The summed E-state index contributed by atoms with van der Waals surface area (Å²) >= 11 is 7.43. The van der Waals surface area contributed by atoms with Crippen molar-refractivity contribution >= 4 is 40.5 Å². The Labute approximate surface area is 194 Å². The Morgan fingerprint density at radius 2 is 2.00 bits per heavy atom. The molecule has 32 heavy (non-hydrogen) atoms. The van der Waals surface area contributed by atoms with Gasteiger partial charge in [-0.2, -0.15) is 4.98 Å². The van der Waals surface area contributed by atoms with Gasteiger partial charge >= 0.3 is 5.97 Å². The summed E-state index contributed by atoms with van der Waals surface area (Å²) in [6, 6.07) is 5.97. The van der Waals surface area contributed by atoms with Crippen LogP contribution in [0.5, 0.6) is 5.88 Å². The highest BCUT2D eigenvalue weighted by atomic mass is 35.5. The SMILES string of the molecule is COc1nc(Nc2cc(C)cc(-c3cnc([C@]4(O)CC[C@H](C(=O)O)CC4)s3)c2)ncc1Cl. The van der Waals surface area contributed by atoms with Crippen LogP contribution in [0.2, 0.25) is 5.02 Å². The topological polar surface area (TPSA) is 117 Å². The van der Waals surface area contributed by atoms with Gasteiger partial charge in [0.25, 0.3) is 0 Å². The Morgan fingerprint density at radius 3 is 2.69 bits per heavy atom. The van der Waals surface area contributed by atoms with Crippen molar-refractivity contribution in [3.63, 3.8) is 0 Å². The minimum Gasteiger partial charge on any atom is -0.481 e. The highest BCUT2D eigenvalue weighted by Crippen LogP contribution is 2.43. The normalized spacial score (nSPS) is 20.7. The quantitative estimate of drug-likeness (QED) is 0.467. The van der Waals surface area contributed by atoms with E-state index in [1.807, 2.05) is 25.1 Å². The second-order valence-electron chi connectivity index (χ2n) is 7.94. The number of aliphatic hydroxyl groups is 1. The molecule has 0 bridgehead atoms. The van der Waals surface area contributed by atoms with E-state index in [2.05, 4.69) is 20.3 Å². The lowest BCUT2D eigenvalue weighted by molar-refractivity contribution is -0.145. The number of carboxylic acids is 1. The average molecular weight is 475 g/mol. The minimum absolute atomic E-state index is 0.287. The lowest BCUT2D eigenvalue weighted by atomic mass is 9.79. The number of ether oxygens (including phenoxy) is 1. The Bertz CT molecular complexity index is 1140. The number of nitrogens with zero attached hydrogens (tertiary/aromatic N) is 3. The molecule has 1 aliphatic carbocycles. The van der Waals surface area contributed by atoms with Gasteiger partial charge in [-0.1, -0.05) is 17.7 Å². The summed E-state index contributed by atoms with van der Waals surface area (Å²) in [6.07, 6.45) is 4.91. The highest BCUT2D eigenvalue weighted by molar-refractivity contribution is 7.15. The molecule has 0 aliphatic heterocycles. The molecule has 8 nitrogen and oxygen atoms in total. The molecule has 4 rings (SSSR count). The molecule has 1 fully saturated rings. The molecule has 168 valence electrons. The number of hydrogen-bond donors (Lipinski definition) is 3. The third kappa shape index (κ3) is 4.69. The number of nitrogens with one attached hydrogen (secondary N) is 1. The molecule has 1 saturated carbocycles. The van der Waals surface area contributed by atoms with Gasteiger partial charge in [0.15, 0.2) is 0 Å². The number of carbonyl (C=O) groups is 1. The first-order valence-electron chi connectivity index (χ1n) is 10.1. The molecule has 0 atom stereocenters. The zero-order valence-electron chi connectivity index (χ0n) is 17.6. The molecule has 0 unspecified atom stereocenters. The van der Waals surface area contributed by atoms with E-state index in [0.29, 0.717) is 41.7 Å². The minimum atomic E-state index is -1.08. The molecule has 0 amide bonds. The van der Waals surface area contributed by atoms with Crippen LogP contribution in [0.3, 0.4) is 0 Å². The van der Waals surface area contributed by atoms with Crippen molar-refractivity contribution in [1.82, 2.24) is 15.0 Å². The van der Waals surface area contributed by atoms with Crippen LogP contribution in [0, 0.1) is 12.8 Å². The van der Waals surface area contributed by atoms with Gasteiger partial charge in [0.05, 0.1) is 24.1 Å². The van der Waals surface area contributed by atoms with E-state index in [-0.39, 0.29) is 5.88 Å². The molecule has 3 aromatic rings. The number of aromatic nitrogens is 3. The number of anilines is 2. The number of thiazole rings is 1. The monoisotopic (exact) mass is 474 g/mol. The first kappa shape index (κ1) is 22.4. The Hall–Kier alpha value is -2.75. The maximum atomic E-state index is 11.2. The summed E-state index contributed by atoms with van der Waals surface area (Å²) in [4.78, 5) is 25.0. The lowest BCUT2D eigenvalue weighted by Gasteiger charge is -2.32. The molecular weight excluding hydrogens is 452 g/mol. The molecule has 2 aromatic heterocycles. The summed E-state index contributed by atoms with van der Waals surface area (Å²) in [5.41, 5.74) is 1.69. The van der Waals surface area contributed by atoms with E-state index in [9.17, 15) is 15.0 Å². The van der Waals surface area contributed by atoms with Crippen LogP contribution < -0.4 is 10.1 Å². The molecule has 2 heterocycles.